The van der Waals surface area contributed by atoms with Gasteiger partial charge in [-0.25, -0.2) is 0 Å². The number of piperidine rings is 1. The van der Waals surface area contributed by atoms with Crippen molar-refractivity contribution in [1.82, 2.24) is 9.80 Å². The Morgan fingerprint density at radius 2 is 1.64 bits per heavy atom. The maximum absolute atomic E-state index is 12.6. The number of carbonyl (C=O) groups excluding carboxylic acids is 1. The van der Waals surface area contributed by atoms with E-state index in [1.807, 2.05) is 0 Å². The third-order valence-electron chi connectivity index (χ3n) is 5.46. The molecular weight excluding hydrogens is 321 g/mol. The molecule has 0 aromatic carbocycles. The summed E-state index contributed by atoms with van der Waals surface area (Å²) >= 11 is 0. The van der Waals surface area contributed by atoms with E-state index in [9.17, 15) is 4.79 Å². The maximum atomic E-state index is 12.6. The van der Waals surface area contributed by atoms with Crippen molar-refractivity contribution >= 4 is 30.7 Å². The topological polar surface area (TPSA) is 49.6 Å². The van der Waals surface area contributed by atoms with E-state index in [2.05, 4.69) is 9.80 Å². The lowest BCUT2D eigenvalue weighted by Gasteiger charge is -2.30. The highest BCUT2D eigenvalue weighted by Crippen LogP contribution is 2.31. The van der Waals surface area contributed by atoms with Crippen molar-refractivity contribution in [1.29, 1.82) is 0 Å². The lowest BCUT2D eigenvalue weighted by molar-refractivity contribution is -0.135. The van der Waals surface area contributed by atoms with Gasteiger partial charge in [-0.3, -0.25) is 4.79 Å². The summed E-state index contributed by atoms with van der Waals surface area (Å²) in [4.78, 5) is 17.2. The van der Waals surface area contributed by atoms with Crippen LogP contribution in [0.4, 0.5) is 0 Å². The van der Waals surface area contributed by atoms with Crippen LogP contribution in [0.2, 0.25) is 0 Å². The van der Waals surface area contributed by atoms with Crippen molar-refractivity contribution in [3.05, 3.63) is 0 Å². The third-order valence-corrected chi connectivity index (χ3v) is 5.46. The summed E-state index contributed by atoms with van der Waals surface area (Å²) in [5.41, 5.74) is 5.78. The summed E-state index contributed by atoms with van der Waals surface area (Å²) in [7, 11) is 0. The Balaban J connectivity index is 0.00000121. The maximum Gasteiger partial charge on any atom is 0.242 e. The molecule has 6 heteroatoms. The lowest BCUT2D eigenvalue weighted by Crippen LogP contribution is -2.53. The van der Waals surface area contributed by atoms with Gasteiger partial charge in [-0.15, -0.1) is 24.8 Å². The number of hydrogen-bond donors (Lipinski definition) is 1. The van der Waals surface area contributed by atoms with Gasteiger partial charge in [-0.05, 0) is 51.1 Å². The summed E-state index contributed by atoms with van der Waals surface area (Å²) in [5, 5.41) is 0. The fourth-order valence-corrected chi connectivity index (χ4v) is 4.21. The molecule has 2 aliphatic heterocycles. The van der Waals surface area contributed by atoms with Crippen LogP contribution in [-0.2, 0) is 4.79 Å². The second-order valence-corrected chi connectivity index (χ2v) is 7.13. The molecule has 4 nitrogen and oxygen atoms in total. The molecule has 1 saturated carbocycles. The molecule has 0 spiro atoms. The van der Waals surface area contributed by atoms with E-state index in [1.54, 1.807) is 0 Å². The molecule has 1 atom stereocenters. The number of halogens is 2. The first-order valence-corrected chi connectivity index (χ1v) is 8.48. The van der Waals surface area contributed by atoms with Gasteiger partial charge in [0.2, 0.25) is 5.91 Å². The Morgan fingerprint density at radius 1 is 1.00 bits per heavy atom. The first-order valence-electron chi connectivity index (χ1n) is 8.48. The highest BCUT2D eigenvalue weighted by molar-refractivity contribution is 5.86. The smallest absolute Gasteiger partial charge is 0.242 e. The van der Waals surface area contributed by atoms with Crippen LogP contribution in [-0.4, -0.2) is 54.0 Å². The molecule has 2 heterocycles. The molecule has 1 aliphatic carbocycles. The van der Waals surface area contributed by atoms with Crippen LogP contribution in [0.25, 0.3) is 0 Å². The molecule has 3 rings (SSSR count). The number of nitrogens with zero attached hydrogens (tertiary/aromatic N) is 2. The van der Waals surface area contributed by atoms with Crippen LogP contribution in [0.3, 0.4) is 0 Å². The number of amides is 1. The van der Waals surface area contributed by atoms with Gasteiger partial charge in [0.25, 0.3) is 0 Å². The van der Waals surface area contributed by atoms with E-state index >= 15 is 0 Å². The zero-order chi connectivity index (χ0) is 14.0. The second-order valence-electron chi connectivity index (χ2n) is 7.13. The van der Waals surface area contributed by atoms with Crippen molar-refractivity contribution in [2.75, 3.05) is 32.7 Å². The SMILES string of the molecule is Cl.Cl.NC1(C(=O)N2CCC(CN3CCCCC3)C2)CCCC1. The summed E-state index contributed by atoms with van der Waals surface area (Å²) in [6, 6.07) is 0. The zero-order valence-corrected chi connectivity index (χ0v) is 15.1. The van der Waals surface area contributed by atoms with E-state index in [-0.39, 0.29) is 30.7 Å². The highest BCUT2D eigenvalue weighted by Gasteiger charge is 2.41. The van der Waals surface area contributed by atoms with Gasteiger partial charge in [0.15, 0.2) is 0 Å². The number of likely N-dealkylation sites (tertiary alicyclic amines) is 2. The Labute approximate surface area is 147 Å². The summed E-state index contributed by atoms with van der Waals surface area (Å²) in [5.74, 6) is 0.901. The van der Waals surface area contributed by atoms with Crippen molar-refractivity contribution in [3.63, 3.8) is 0 Å². The number of carbonyl (C=O) groups is 1. The molecule has 0 aromatic rings. The molecule has 2 saturated heterocycles. The fraction of sp³-hybridized carbons (Fsp3) is 0.938. The van der Waals surface area contributed by atoms with Crippen LogP contribution >= 0.6 is 24.8 Å². The van der Waals surface area contributed by atoms with Crippen molar-refractivity contribution < 1.29 is 4.79 Å². The predicted molar refractivity (Wildman–Crippen MR) is 94.9 cm³/mol. The molecule has 3 aliphatic rings. The zero-order valence-electron chi connectivity index (χ0n) is 13.5. The first-order chi connectivity index (χ1) is 9.67. The van der Waals surface area contributed by atoms with Crippen LogP contribution in [0.1, 0.15) is 51.4 Å². The largest absolute Gasteiger partial charge is 0.341 e. The Kier molecular flexibility index (Phi) is 7.93. The molecule has 1 unspecified atom stereocenters. The van der Waals surface area contributed by atoms with Crippen LogP contribution < -0.4 is 5.73 Å². The van der Waals surface area contributed by atoms with Gasteiger partial charge in [-0.1, -0.05) is 19.3 Å². The summed E-state index contributed by atoms with van der Waals surface area (Å²) in [6.45, 7) is 5.56. The van der Waals surface area contributed by atoms with Crippen LogP contribution in [0.5, 0.6) is 0 Å². The van der Waals surface area contributed by atoms with E-state index in [0.717, 1.165) is 38.8 Å². The highest BCUT2D eigenvalue weighted by atomic mass is 35.5. The molecule has 0 aromatic heterocycles. The second kappa shape index (κ2) is 8.72. The first kappa shape index (κ1) is 20.0. The van der Waals surface area contributed by atoms with E-state index in [1.165, 1.54) is 45.3 Å². The Hall–Kier alpha value is -0.0300. The fourth-order valence-electron chi connectivity index (χ4n) is 4.21. The van der Waals surface area contributed by atoms with Gasteiger partial charge < -0.3 is 15.5 Å². The molecular formula is C16H31Cl2N3O. The average molecular weight is 352 g/mol. The van der Waals surface area contributed by atoms with Crippen LogP contribution in [0, 0.1) is 5.92 Å². The van der Waals surface area contributed by atoms with Crippen molar-refractivity contribution in [3.8, 4) is 0 Å². The van der Waals surface area contributed by atoms with E-state index in [0.29, 0.717) is 5.92 Å². The molecule has 3 fully saturated rings. The molecule has 2 N–H and O–H groups in total. The van der Waals surface area contributed by atoms with E-state index in [4.69, 9.17) is 5.73 Å². The number of hydrogen-bond acceptors (Lipinski definition) is 3. The monoisotopic (exact) mass is 351 g/mol. The summed E-state index contributed by atoms with van der Waals surface area (Å²) in [6.07, 6.45) is 9.27. The molecule has 1 amide bonds. The molecule has 0 radical (unpaired) electrons. The Morgan fingerprint density at radius 3 is 2.27 bits per heavy atom. The van der Waals surface area contributed by atoms with Crippen molar-refractivity contribution in [2.24, 2.45) is 11.7 Å². The minimum Gasteiger partial charge on any atom is -0.341 e. The minimum atomic E-state index is -0.528. The van der Waals surface area contributed by atoms with Crippen LogP contribution in [0.15, 0.2) is 0 Å². The van der Waals surface area contributed by atoms with Gasteiger partial charge in [0.05, 0.1) is 5.54 Å². The Bertz CT molecular complexity index is 355. The number of rotatable bonds is 3. The molecule has 0 bridgehead atoms. The van der Waals surface area contributed by atoms with E-state index < -0.39 is 5.54 Å². The molecule has 130 valence electrons. The van der Waals surface area contributed by atoms with Gasteiger partial charge in [0, 0.05) is 19.6 Å². The lowest BCUT2D eigenvalue weighted by atomic mass is 9.97. The van der Waals surface area contributed by atoms with Gasteiger partial charge in [0.1, 0.15) is 0 Å². The average Bonchev–Trinajstić information content (AvgIpc) is 3.09. The number of nitrogens with two attached hydrogens (primary N) is 1. The predicted octanol–water partition coefficient (Wildman–Crippen LogP) is 2.44. The van der Waals surface area contributed by atoms with Crippen molar-refractivity contribution in [2.45, 2.75) is 56.9 Å². The molecule has 22 heavy (non-hydrogen) atoms. The summed E-state index contributed by atoms with van der Waals surface area (Å²) < 4.78 is 0. The van der Waals surface area contributed by atoms with Gasteiger partial charge in [-0.2, -0.15) is 0 Å². The van der Waals surface area contributed by atoms with Gasteiger partial charge >= 0.3 is 0 Å². The third kappa shape index (κ3) is 4.50. The normalized spacial score (nSPS) is 28.0. The minimum absolute atomic E-state index is 0. The standard InChI is InChI=1S/C16H29N3O.2ClH/c17-16(7-2-3-8-16)15(20)19-11-6-14(13-19)12-18-9-4-1-5-10-18;;/h14H,1-13,17H2;2*1H. The quantitative estimate of drug-likeness (QED) is 0.849.